The lowest BCUT2D eigenvalue weighted by Crippen LogP contribution is -2.51. The Bertz CT molecular complexity index is 909. The highest BCUT2D eigenvalue weighted by molar-refractivity contribution is 5.86. The highest BCUT2D eigenvalue weighted by Crippen LogP contribution is 2.38. The van der Waals surface area contributed by atoms with Gasteiger partial charge >= 0.3 is 0 Å². The average Bonchev–Trinajstić information content (AvgIpc) is 3.51. The molecular weight excluding hydrogens is 400 g/mol. The van der Waals surface area contributed by atoms with E-state index in [4.69, 9.17) is 18.6 Å². The van der Waals surface area contributed by atoms with Crippen molar-refractivity contribution in [2.45, 2.75) is 44.4 Å². The van der Waals surface area contributed by atoms with Crippen molar-refractivity contribution in [3.63, 3.8) is 0 Å². The SMILES string of the molecule is COCCCOc1cc(C(C)N(C(=O)C2CN(C=O)CCO2)C2CC2)cc2occc12. The Hall–Kier alpha value is -2.58. The van der Waals surface area contributed by atoms with E-state index < -0.39 is 6.10 Å². The Morgan fingerprint density at radius 1 is 1.35 bits per heavy atom. The standard InChI is InChI=1S/C23H30N2O6/c1-16(25(18-4-5-18)23(27)22-14-24(15-26)7-11-31-22)17-12-20(29-9-3-8-28-2)19-6-10-30-21(19)13-17/h6,10,12-13,15-16,18,22H,3-5,7-9,11,14H2,1-2H3. The number of amides is 2. The smallest absolute Gasteiger partial charge is 0.254 e. The zero-order valence-corrected chi connectivity index (χ0v) is 18.1. The van der Waals surface area contributed by atoms with Crippen LogP contribution in [0, 0.1) is 0 Å². The van der Waals surface area contributed by atoms with E-state index in [0.717, 1.165) is 48.0 Å². The number of fused-ring (bicyclic) bond motifs is 1. The molecule has 8 nitrogen and oxygen atoms in total. The fraction of sp³-hybridized carbons (Fsp3) is 0.565. The predicted octanol–water partition coefficient (Wildman–Crippen LogP) is 2.76. The molecular formula is C23H30N2O6. The second kappa shape index (κ2) is 9.70. The van der Waals surface area contributed by atoms with Crippen molar-refractivity contribution in [1.82, 2.24) is 9.80 Å². The summed E-state index contributed by atoms with van der Waals surface area (Å²) in [5.74, 6) is 0.678. The molecule has 1 saturated heterocycles. The van der Waals surface area contributed by atoms with Crippen LogP contribution in [0.4, 0.5) is 0 Å². The van der Waals surface area contributed by atoms with Gasteiger partial charge in [0.2, 0.25) is 6.41 Å². The third-order valence-electron chi connectivity index (χ3n) is 5.92. The summed E-state index contributed by atoms with van der Waals surface area (Å²) in [4.78, 5) is 28.1. The molecule has 1 saturated carbocycles. The molecule has 1 aromatic heterocycles. The van der Waals surface area contributed by atoms with Crippen LogP contribution >= 0.6 is 0 Å². The van der Waals surface area contributed by atoms with E-state index in [1.54, 1.807) is 18.3 Å². The second-order valence-electron chi connectivity index (χ2n) is 8.16. The van der Waals surface area contributed by atoms with Crippen molar-refractivity contribution in [3.8, 4) is 5.75 Å². The molecule has 0 radical (unpaired) electrons. The molecule has 31 heavy (non-hydrogen) atoms. The minimum atomic E-state index is -0.626. The van der Waals surface area contributed by atoms with Crippen LogP contribution in [0.3, 0.4) is 0 Å². The molecule has 2 unspecified atom stereocenters. The van der Waals surface area contributed by atoms with Crippen molar-refractivity contribution in [3.05, 3.63) is 30.0 Å². The lowest BCUT2D eigenvalue weighted by atomic mass is 10.0. The van der Waals surface area contributed by atoms with E-state index in [2.05, 4.69) is 0 Å². The Balaban J connectivity index is 1.56. The van der Waals surface area contributed by atoms with Crippen molar-refractivity contribution in [2.75, 3.05) is 40.0 Å². The number of benzene rings is 1. The molecule has 2 amide bonds. The lowest BCUT2D eigenvalue weighted by Gasteiger charge is -2.36. The van der Waals surface area contributed by atoms with Crippen LogP contribution in [-0.2, 0) is 19.1 Å². The summed E-state index contributed by atoms with van der Waals surface area (Å²) in [5.41, 5.74) is 1.68. The van der Waals surface area contributed by atoms with Gasteiger partial charge in [0.1, 0.15) is 11.3 Å². The molecule has 2 atom stereocenters. The van der Waals surface area contributed by atoms with Gasteiger partial charge < -0.3 is 28.4 Å². The molecule has 2 aromatic rings. The van der Waals surface area contributed by atoms with E-state index in [-0.39, 0.29) is 18.0 Å². The second-order valence-corrected chi connectivity index (χ2v) is 8.16. The van der Waals surface area contributed by atoms with Crippen LogP contribution in [0.15, 0.2) is 28.9 Å². The first-order valence-corrected chi connectivity index (χ1v) is 10.9. The molecule has 0 bridgehead atoms. The van der Waals surface area contributed by atoms with Crippen molar-refractivity contribution in [1.29, 1.82) is 0 Å². The number of morpholine rings is 1. The summed E-state index contributed by atoms with van der Waals surface area (Å²) >= 11 is 0. The Morgan fingerprint density at radius 3 is 2.94 bits per heavy atom. The highest BCUT2D eigenvalue weighted by atomic mass is 16.5. The molecule has 2 aliphatic rings. The van der Waals surface area contributed by atoms with Crippen molar-refractivity contribution in [2.24, 2.45) is 0 Å². The van der Waals surface area contributed by atoms with Crippen LogP contribution in [0.25, 0.3) is 11.0 Å². The van der Waals surface area contributed by atoms with E-state index in [1.807, 2.05) is 30.0 Å². The fourth-order valence-corrected chi connectivity index (χ4v) is 4.09. The van der Waals surface area contributed by atoms with Gasteiger partial charge in [-0.2, -0.15) is 0 Å². The van der Waals surface area contributed by atoms with Gasteiger partial charge in [-0.3, -0.25) is 9.59 Å². The fourth-order valence-electron chi connectivity index (χ4n) is 4.09. The van der Waals surface area contributed by atoms with Crippen LogP contribution < -0.4 is 4.74 Å². The first kappa shape index (κ1) is 21.6. The zero-order valence-electron chi connectivity index (χ0n) is 18.1. The van der Waals surface area contributed by atoms with Gasteiger partial charge in [0, 0.05) is 32.7 Å². The number of methoxy groups -OCH3 is 1. The molecule has 1 aromatic carbocycles. The largest absolute Gasteiger partial charge is 0.493 e. The van der Waals surface area contributed by atoms with Crippen LogP contribution in [-0.4, -0.2) is 74.3 Å². The normalized spacial score (nSPS) is 19.9. The number of nitrogens with zero attached hydrogens (tertiary/aromatic N) is 2. The number of hydrogen-bond acceptors (Lipinski definition) is 6. The summed E-state index contributed by atoms with van der Waals surface area (Å²) < 4.78 is 22.5. The molecule has 4 rings (SSSR count). The summed E-state index contributed by atoms with van der Waals surface area (Å²) in [6.07, 6.45) is 4.54. The molecule has 1 aliphatic heterocycles. The minimum Gasteiger partial charge on any atom is -0.493 e. The predicted molar refractivity (Wildman–Crippen MR) is 114 cm³/mol. The number of rotatable bonds is 10. The van der Waals surface area contributed by atoms with Crippen LogP contribution in [0.5, 0.6) is 5.75 Å². The van der Waals surface area contributed by atoms with E-state index in [9.17, 15) is 9.59 Å². The molecule has 168 valence electrons. The zero-order chi connectivity index (χ0) is 21.8. The molecule has 0 N–H and O–H groups in total. The van der Waals surface area contributed by atoms with E-state index in [0.29, 0.717) is 32.9 Å². The number of ether oxygens (including phenoxy) is 3. The summed E-state index contributed by atoms with van der Waals surface area (Å²) in [5, 5.41) is 0.912. The van der Waals surface area contributed by atoms with Gasteiger partial charge in [-0.1, -0.05) is 0 Å². The van der Waals surface area contributed by atoms with Gasteiger partial charge in [-0.25, -0.2) is 0 Å². The number of furan rings is 1. The lowest BCUT2D eigenvalue weighted by molar-refractivity contribution is -0.153. The summed E-state index contributed by atoms with van der Waals surface area (Å²) in [7, 11) is 1.67. The topological polar surface area (TPSA) is 81.5 Å². The van der Waals surface area contributed by atoms with Gasteiger partial charge in [0.25, 0.3) is 5.91 Å². The third kappa shape index (κ3) is 4.85. The van der Waals surface area contributed by atoms with E-state index >= 15 is 0 Å². The maximum absolute atomic E-state index is 13.4. The Kier molecular flexibility index (Phi) is 6.77. The maximum Gasteiger partial charge on any atom is 0.254 e. The van der Waals surface area contributed by atoms with Crippen LogP contribution in [0.2, 0.25) is 0 Å². The van der Waals surface area contributed by atoms with Gasteiger partial charge in [-0.05, 0) is 43.5 Å². The number of carbonyl (C=O) groups excluding carboxylic acids is 2. The van der Waals surface area contributed by atoms with Crippen molar-refractivity contribution < 1.29 is 28.2 Å². The molecule has 1 aliphatic carbocycles. The number of carbonyl (C=O) groups is 2. The highest BCUT2D eigenvalue weighted by Gasteiger charge is 2.41. The molecule has 2 fully saturated rings. The number of hydrogen-bond donors (Lipinski definition) is 0. The first-order valence-electron chi connectivity index (χ1n) is 10.9. The molecule has 0 spiro atoms. The quantitative estimate of drug-likeness (QED) is 0.426. The monoisotopic (exact) mass is 430 g/mol. The van der Waals surface area contributed by atoms with Gasteiger partial charge in [0.15, 0.2) is 6.10 Å². The minimum absolute atomic E-state index is 0.0661. The molecule has 2 heterocycles. The van der Waals surface area contributed by atoms with Crippen molar-refractivity contribution >= 4 is 23.3 Å². The first-order chi connectivity index (χ1) is 15.1. The third-order valence-corrected chi connectivity index (χ3v) is 5.92. The average molecular weight is 431 g/mol. The summed E-state index contributed by atoms with van der Waals surface area (Å²) in [6, 6.07) is 5.88. The maximum atomic E-state index is 13.4. The Labute approximate surface area is 182 Å². The van der Waals surface area contributed by atoms with E-state index in [1.165, 1.54) is 0 Å². The molecule has 8 heteroatoms. The van der Waals surface area contributed by atoms with Crippen LogP contribution in [0.1, 0.15) is 37.8 Å². The van der Waals surface area contributed by atoms with Gasteiger partial charge in [0.05, 0.1) is 37.4 Å². The summed E-state index contributed by atoms with van der Waals surface area (Å²) in [6.45, 7) is 4.38. The van der Waals surface area contributed by atoms with Gasteiger partial charge in [-0.15, -0.1) is 0 Å². The Morgan fingerprint density at radius 2 is 2.19 bits per heavy atom.